The summed E-state index contributed by atoms with van der Waals surface area (Å²) < 4.78 is 6.21. The van der Waals surface area contributed by atoms with Crippen LogP contribution in [0.15, 0.2) is 49.9 Å². The first-order valence-electron chi connectivity index (χ1n) is 6.33. The van der Waals surface area contributed by atoms with Crippen LogP contribution < -0.4 is 5.43 Å². The first-order valence-corrected chi connectivity index (χ1v) is 7.94. The zero-order valence-electron chi connectivity index (χ0n) is 11.5. The third-order valence-corrected chi connectivity index (χ3v) is 4.51. The number of furan rings is 1. The van der Waals surface area contributed by atoms with E-state index < -0.39 is 0 Å². The number of hydrazone groups is 1. The molecule has 8 heteroatoms. The number of amides is 1. The van der Waals surface area contributed by atoms with Gasteiger partial charge in [-0.15, -0.1) is 11.3 Å². The maximum atomic E-state index is 12.0. The Labute approximate surface area is 138 Å². The van der Waals surface area contributed by atoms with E-state index in [1.165, 1.54) is 0 Å². The number of aromatic nitrogens is 2. The minimum Gasteiger partial charge on any atom is -0.463 e. The summed E-state index contributed by atoms with van der Waals surface area (Å²) >= 11 is 4.96. The lowest BCUT2D eigenvalue weighted by Gasteiger charge is -1.97. The topological polar surface area (TPSA) is 83.3 Å². The van der Waals surface area contributed by atoms with Crippen LogP contribution in [0.3, 0.4) is 0 Å². The number of rotatable bonds is 4. The highest BCUT2D eigenvalue weighted by molar-refractivity contribution is 9.11. The number of carbonyl (C=O) groups excluding carboxylic acids is 1. The van der Waals surface area contributed by atoms with Crippen molar-refractivity contribution in [3.8, 4) is 10.6 Å². The molecule has 0 fully saturated rings. The molecular weight excluding hydrogens is 368 g/mol. The molecule has 3 heterocycles. The van der Waals surface area contributed by atoms with Crippen LogP contribution in [0.25, 0.3) is 10.6 Å². The molecule has 3 aromatic heterocycles. The number of aromatic amines is 1. The van der Waals surface area contributed by atoms with Crippen molar-refractivity contribution in [2.75, 3.05) is 0 Å². The van der Waals surface area contributed by atoms with E-state index >= 15 is 0 Å². The zero-order chi connectivity index (χ0) is 15.5. The molecule has 0 saturated carbocycles. The monoisotopic (exact) mass is 378 g/mol. The van der Waals surface area contributed by atoms with Crippen molar-refractivity contribution in [2.24, 2.45) is 5.10 Å². The van der Waals surface area contributed by atoms with E-state index in [1.807, 2.05) is 12.1 Å². The molecule has 112 valence electrons. The molecule has 0 aromatic carbocycles. The average Bonchev–Trinajstić information content (AvgIpc) is 3.23. The van der Waals surface area contributed by atoms with Gasteiger partial charge in [0.05, 0.1) is 20.6 Å². The molecule has 0 unspecified atom stereocenters. The number of halogens is 1. The highest BCUT2D eigenvalue weighted by Crippen LogP contribution is 2.30. The second kappa shape index (κ2) is 6.29. The van der Waals surface area contributed by atoms with E-state index in [4.69, 9.17) is 4.42 Å². The summed E-state index contributed by atoms with van der Waals surface area (Å²) in [5, 5.41) is 10.8. The van der Waals surface area contributed by atoms with Crippen LogP contribution in [0.4, 0.5) is 0 Å². The quantitative estimate of drug-likeness (QED) is 0.536. The van der Waals surface area contributed by atoms with Gasteiger partial charge in [0, 0.05) is 0 Å². The second-order valence-corrected chi connectivity index (χ2v) is 6.85. The molecule has 0 aliphatic heterocycles. The van der Waals surface area contributed by atoms with Gasteiger partial charge in [-0.3, -0.25) is 9.89 Å². The van der Waals surface area contributed by atoms with Crippen LogP contribution >= 0.6 is 27.3 Å². The smallest absolute Gasteiger partial charge is 0.291 e. The Bertz CT molecular complexity index is 820. The molecule has 2 N–H and O–H groups in total. The first kappa shape index (κ1) is 14.7. The largest absolute Gasteiger partial charge is 0.463 e. The number of nitrogens with one attached hydrogen (secondary N) is 2. The summed E-state index contributed by atoms with van der Waals surface area (Å²) in [6, 6.07) is 9.10. The summed E-state index contributed by atoms with van der Waals surface area (Å²) in [5.74, 6) is 0.218. The second-order valence-electron chi connectivity index (χ2n) is 4.39. The Morgan fingerprint density at radius 1 is 1.45 bits per heavy atom. The molecule has 0 atom stereocenters. The SMILES string of the molecule is C/C(=N\NC(=O)c1cc(-c2ccc(Br)s2)[nH]n1)c1ccco1. The van der Waals surface area contributed by atoms with Crippen molar-refractivity contribution < 1.29 is 9.21 Å². The van der Waals surface area contributed by atoms with Crippen molar-refractivity contribution in [1.82, 2.24) is 15.6 Å². The average molecular weight is 379 g/mol. The van der Waals surface area contributed by atoms with Gasteiger partial charge < -0.3 is 4.42 Å². The molecule has 22 heavy (non-hydrogen) atoms. The predicted octanol–water partition coefficient (Wildman–Crippen LogP) is 3.65. The Balaban J connectivity index is 1.71. The fourth-order valence-corrected chi connectivity index (χ4v) is 3.11. The molecule has 0 spiro atoms. The van der Waals surface area contributed by atoms with Gasteiger partial charge in [-0.1, -0.05) is 0 Å². The lowest BCUT2D eigenvalue weighted by atomic mass is 10.3. The molecule has 3 aromatic rings. The predicted molar refractivity (Wildman–Crippen MR) is 88.0 cm³/mol. The van der Waals surface area contributed by atoms with E-state index in [0.29, 0.717) is 11.5 Å². The summed E-state index contributed by atoms with van der Waals surface area (Å²) in [4.78, 5) is 13.0. The van der Waals surface area contributed by atoms with Crippen molar-refractivity contribution in [3.05, 3.63) is 51.8 Å². The van der Waals surface area contributed by atoms with Gasteiger partial charge in [-0.25, -0.2) is 5.43 Å². The molecule has 6 nitrogen and oxygen atoms in total. The maximum Gasteiger partial charge on any atom is 0.291 e. The van der Waals surface area contributed by atoms with E-state index in [-0.39, 0.29) is 11.6 Å². The molecule has 1 amide bonds. The third-order valence-electron chi connectivity index (χ3n) is 2.85. The van der Waals surface area contributed by atoms with Gasteiger partial charge in [-0.05, 0) is 53.2 Å². The van der Waals surface area contributed by atoms with Gasteiger partial charge in [-0.2, -0.15) is 10.2 Å². The Morgan fingerprint density at radius 3 is 3.00 bits per heavy atom. The first-order chi connectivity index (χ1) is 10.6. The summed E-state index contributed by atoms with van der Waals surface area (Å²) in [6.07, 6.45) is 1.55. The van der Waals surface area contributed by atoms with Crippen LogP contribution in [0.2, 0.25) is 0 Å². The number of carbonyl (C=O) groups is 1. The van der Waals surface area contributed by atoms with Gasteiger partial charge >= 0.3 is 0 Å². The third kappa shape index (κ3) is 3.18. The number of H-pyrrole nitrogens is 1. The minimum absolute atomic E-state index is 0.274. The van der Waals surface area contributed by atoms with E-state index in [9.17, 15) is 4.79 Å². The van der Waals surface area contributed by atoms with E-state index in [2.05, 4.69) is 36.7 Å². The normalized spacial score (nSPS) is 11.6. The Morgan fingerprint density at radius 2 is 2.32 bits per heavy atom. The number of hydrogen-bond acceptors (Lipinski definition) is 5. The fourth-order valence-electron chi connectivity index (χ4n) is 1.75. The van der Waals surface area contributed by atoms with Crippen molar-refractivity contribution in [1.29, 1.82) is 0 Å². The van der Waals surface area contributed by atoms with Crippen molar-refractivity contribution in [3.63, 3.8) is 0 Å². The molecule has 0 radical (unpaired) electrons. The number of hydrogen-bond donors (Lipinski definition) is 2. The Kier molecular flexibility index (Phi) is 4.21. The Hall–Kier alpha value is -2.19. The van der Waals surface area contributed by atoms with Crippen LogP contribution in [0.5, 0.6) is 0 Å². The van der Waals surface area contributed by atoms with Crippen LogP contribution in [-0.2, 0) is 0 Å². The standard InChI is InChI=1S/C14H11BrN4O2S/c1-8(11-3-2-6-21-11)16-19-14(20)10-7-9(17-18-10)12-4-5-13(15)22-12/h2-7H,1H3,(H,17,18)(H,19,20)/b16-8+. The van der Waals surface area contributed by atoms with Crippen LogP contribution in [0.1, 0.15) is 23.2 Å². The lowest BCUT2D eigenvalue weighted by Crippen LogP contribution is -2.19. The maximum absolute atomic E-state index is 12.0. The summed E-state index contributed by atoms with van der Waals surface area (Å²) in [6.45, 7) is 1.75. The van der Waals surface area contributed by atoms with Crippen LogP contribution in [-0.4, -0.2) is 21.8 Å². The molecule has 0 aliphatic carbocycles. The molecule has 0 aliphatic rings. The number of thiophene rings is 1. The lowest BCUT2D eigenvalue weighted by molar-refractivity contribution is 0.0950. The number of nitrogens with zero attached hydrogens (tertiary/aromatic N) is 2. The van der Waals surface area contributed by atoms with Gasteiger partial charge in [0.15, 0.2) is 5.69 Å². The van der Waals surface area contributed by atoms with Gasteiger partial charge in [0.2, 0.25) is 0 Å². The van der Waals surface area contributed by atoms with Crippen molar-refractivity contribution >= 4 is 38.9 Å². The molecule has 0 bridgehead atoms. The molecular formula is C14H11BrN4O2S. The molecule has 3 rings (SSSR count). The van der Waals surface area contributed by atoms with E-state index in [0.717, 1.165) is 14.4 Å². The highest BCUT2D eigenvalue weighted by atomic mass is 79.9. The summed E-state index contributed by atoms with van der Waals surface area (Å²) in [5.41, 5.74) is 4.10. The zero-order valence-corrected chi connectivity index (χ0v) is 13.9. The minimum atomic E-state index is -0.385. The fraction of sp³-hybridized carbons (Fsp3) is 0.0714. The van der Waals surface area contributed by atoms with Crippen LogP contribution in [0, 0.1) is 0 Å². The van der Waals surface area contributed by atoms with Crippen molar-refractivity contribution in [2.45, 2.75) is 6.92 Å². The molecule has 0 saturated heterocycles. The van der Waals surface area contributed by atoms with Gasteiger partial charge in [0.1, 0.15) is 11.5 Å². The van der Waals surface area contributed by atoms with E-state index in [1.54, 1.807) is 42.7 Å². The summed E-state index contributed by atoms with van der Waals surface area (Å²) in [7, 11) is 0. The highest BCUT2D eigenvalue weighted by Gasteiger charge is 2.12. The van der Waals surface area contributed by atoms with Gasteiger partial charge in [0.25, 0.3) is 5.91 Å².